The van der Waals surface area contributed by atoms with Crippen molar-refractivity contribution in [1.29, 1.82) is 0 Å². The Morgan fingerprint density at radius 1 is 1.17 bits per heavy atom. The molecule has 2 aromatic heterocycles. The molecule has 1 aromatic carbocycles. The highest BCUT2D eigenvalue weighted by Gasteiger charge is 2.07. The molecule has 0 spiro atoms. The van der Waals surface area contributed by atoms with Gasteiger partial charge in [-0.1, -0.05) is 30.3 Å². The number of nitrogens with two attached hydrogens (primary N) is 1. The van der Waals surface area contributed by atoms with E-state index in [1.54, 1.807) is 0 Å². The van der Waals surface area contributed by atoms with Gasteiger partial charge in [-0.3, -0.25) is 4.79 Å². The Balaban J connectivity index is 2.41. The van der Waals surface area contributed by atoms with E-state index in [9.17, 15) is 4.79 Å². The third-order valence-electron chi connectivity index (χ3n) is 2.68. The second kappa shape index (κ2) is 3.96. The Hall–Kier alpha value is -2.69. The normalized spacial score (nSPS) is 10.7. The Labute approximate surface area is 102 Å². The lowest BCUT2D eigenvalue weighted by Gasteiger charge is -2.05. The number of H-pyrrole nitrogens is 1. The van der Waals surface area contributed by atoms with Crippen LogP contribution in [-0.4, -0.2) is 15.0 Å². The number of fused-ring (bicyclic) bond motifs is 1. The smallest absolute Gasteiger partial charge is 0.249 e. The molecule has 0 saturated carbocycles. The number of pyridine rings is 1. The average Bonchev–Trinajstić information content (AvgIpc) is 2.39. The van der Waals surface area contributed by atoms with E-state index in [-0.39, 0.29) is 11.5 Å². The first kappa shape index (κ1) is 10.5. The largest absolute Gasteiger partial charge is 0.368 e. The number of nitrogens with zero attached hydrogens (tertiary/aromatic N) is 2. The van der Waals surface area contributed by atoms with Gasteiger partial charge in [0.15, 0.2) is 0 Å². The summed E-state index contributed by atoms with van der Waals surface area (Å²) in [4.78, 5) is 22.4. The van der Waals surface area contributed by atoms with Crippen molar-refractivity contribution < 1.29 is 0 Å². The van der Waals surface area contributed by atoms with E-state index in [1.807, 2.05) is 30.3 Å². The van der Waals surface area contributed by atoms with Crippen LogP contribution in [0.4, 0.5) is 5.95 Å². The van der Waals surface area contributed by atoms with Crippen LogP contribution in [0.15, 0.2) is 47.4 Å². The fourth-order valence-electron chi connectivity index (χ4n) is 1.90. The van der Waals surface area contributed by atoms with Gasteiger partial charge in [-0.15, -0.1) is 0 Å². The summed E-state index contributed by atoms with van der Waals surface area (Å²) in [6, 6.07) is 11.1. The molecule has 18 heavy (non-hydrogen) atoms. The van der Waals surface area contributed by atoms with Crippen LogP contribution >= 0.6 is 0 Å². The molecule has 0 radical (unpaired) electrons. The van der Waals surface area contributed by atoms with Gasteiger partial charge in [0.25, 0.3) is 0 Å². The maximum Gasteiger partial charge on any atom is 0.249 e. The minimum Gasteiger partial charge on any atom is -0.368 e. The van der Waals surface area contributed by atoms with Crippen molar-refractivity contribution >= 4 is 17.0 Å². The maximum atomic E-state index is 11.6. The summed E-state index contributed by atoms with van der Waals surface area (Å²) in [5.74, 6) is 0.187. The molecule has 3 rings (SSSR count). The van der Waals surface area contributed by atoms with Crippen molar-refractivity contribution in [1.82, 2.24) is 15.0 Å². The minimum absolute atomic E-state index is 0.185. The van der Waals surface area contributed by atoms with E-state index in [0.29, 0.717) is 11.0 Å². The molecule has 0 saturated heterocycles. The van der Waals surface area contributed by atoms with Crippen molar-refractivity contribution in [2.45, 2.75) is 0 Å². The molecule has 5 heteroatoms. The molecule has 3 aromatic rings. The number of hydrogen-bond acceptors (Lipinski definition) is 4. The van der Waals surface area contributed by atoms with Crippen LogP contribution in [0.5, 0.6) is 0 Å². The quantitative estimate of drug-likeness (QED) is 0.673. The maximum absolute atomic E-state index is 11.6. The molecule has 0 amide bonds. The number of anilines is 1. The molecule has 0 unspecified atom stereocenters. The molecule has 3 N–H and O–H groups in total. The SMILES string of the molecule is Nc1ncc2[nH]c(=O)cc(-c3ccccc3)c2n1. The number of nitrogens with one attached hydrogen (secondary N) is 1. The zero-order chi connectivity index (χ0) is 12.5. The van der Waals surface area contributed by atoms with Gasteiger partial charge in [0.05, 0.1) is 11.7 Å². The predicted octanol–water partition coefficient (Wildman–Crippen LogP) is 1.57. The molecule has 0 aliphatic heterocycles. The Morgan fingerprint density at radius 3 is 2.72 bits per heavy atom. The van der Waals surface area contributed by atoms with Crippen molar-refractivity contribution in [3.8, 4) is 11.1 Å². The van der Waals surface area contributed by atoms with Crippen LogP contribution in [0.3, 0.4) is 0 Å². The molecular formula is C13H10N4O. The summed E-state index contributed by atoms with van der Waals surface area (Å²) in [6.45, 7) is 0. The number of hydrogen-bond donors (Lipinski definition) is 2. The van der Waals surface area contributed by atoms with Gasteiger partial charge in [-0.2, -0.15) is 0 Å². The molecule has 0 aliphatic carbocycles. The summed E-state index contributed by atoms with van der Waals surface area (Å²) in [5.41, 5.74) is 8.31. The minimum atomic E-state index is -0.185. The monoisotopic (exact) mass is 238 g/mol. The summed E-state index contributed by atoms with van der Waals surface area (Å²) < 4.78 is 0. The van der Waals surface area contributed by atoms with Gasteiger partial charge >= 0.3 is 0 Å². The molecule has 0 atom stereocenters. The summed E-state index contributed by atoms with van der Waals surface area (Å²) >= 11 is 0. The molecule has 2 heterocycles. The van der Waals surface area contributed by atoms with E-state index in [2.05, 4.69) is 15.0 Å². The van der Waals surface area contributed by atoms with Gasteiger partial charge in [-0.05, 0) is 5.56 Å². The number of aromatic nitrogens is 3. The molecule has 0 aliphatic rings. The van der Waals surface area contributed by atoms with Crippen LogP contribution in [0.1, 0.15) is 0 Å². The van der Waals surface area contributed by atoms with Crippen molar-refractivity contribution in [2.75, 3.05) is 5.73 Å². The fraction of sp³-hybridized carbons (Fsp3) is 0. The number of rotatable bonds is 1. The average molecular weight is 238 g/mol. The lowest BCUT2D eigenvalue weighted by atomic mass is 10.1. The Kier molecular flexibility index (Phi) is 2.30. The fourth-order valence-corrected chi connectivity index (χ4v) is 1.90. The molecule has 5 nitrogen and oxygen atoms in total. The van der Waals surface area contributed by atoms with E-state index >= 15 is 0 Å². The molecular weight excluding hydrogens is 228 g/mol. The highest BCUT2D eigenvalue weighted by atomic mass is 16.1. The highest BCUT2D eigenvalue weighted by Crippen LogP contribution is 2.24. The van der Waals surface area contributed by atoms with Crippen LogP contribution in [0.25, 0.3) is 22.2 Å². The first-order valence-corrected chi connectivity index (χ1v) is 5.45. The first-order valence-electron chi connectivity index (χ1n) is 5.45. The summed E-state index contributed by atoms with van der Waals surface area (Å²) in [7, 11) is 0. The first-order chi connectivity index (χ1) is 8.74. The van der Waals surface area contributed by atoms with Gasteiger partial charge < -0.3 is 10.7 Å². The predicted molar refractivity (Wildman–Crippen MR) is 70.0 cm³/mol. The third kappa shape index (κ3) is 1.71. The van der Waals surface area contributed by atoms with Crippen LogP contribution in [0, 0.1) is 0 Å². The lowest BCUT2D eigenvalue weighted by molar-refractivity contribution is 1.19. The van der Waals surface area contributed by atoms with E-state index in [1.165, 1.54) is 12.3 Å². The summed E-state index contributed by atoms with van der Waals surface area (Å²) in [6.07, 6.45) is 1.52. The van der Waals surface area contributed by atoms with Crippen LogP contribution < -0.4 is 11.3 Å². The number of nitrogen functional groups attached to an aromatic ring is 1. The molecule has 0 bridgehead atoms. The zero-order valence-electron chi connectivity index (χ0n) is 9.42. The zero-order valence-corrected chi connectivity index (χ0v) is 9.42. The molecule has 0 fully saturated rings. The van der Waals surface area contributed by atoms with E-state index in [4.69, 9.17) is 5.73 Å². The lowest BCUT2D eigenvalue weighted by Crippen LogP contribution is -2.07. The van der Waals surface area contributed by atoms with Crippen LogP contribution in [-0.2, 0) is 0 Å². The third-order valence-corrected chi connectivity index (χ3v) is 2.68. The topological polar surface area (TPSA) is 84.7 Å². The van der Waals surface area contributed by atoms with Gasteiger partial charge in [0, 0.05) is 11.6 Å². The number of benzene rings is 1. The van der Waals surface area contributed by atoms with Gasteiger partial charge in [0.1, 0.15) is 5.52 Å². The molecule has 88 valence electrons. The highest BCUT2D eigenvalue weighted by molar-refractivity contribution is 5.91. The van der Waals surface area contributed by atoms with Crippen molar-refractivity contribution in [3.63, 3.8) is 0 Å². The van der Waals surface area contributed by atoms with Gasteiger partial charge in [0.2, 0.25) is 11.5 Å². The summed E-state index contributed by atoms with van der Waals surface area (Å²) in [5, 5.41) is 0. The van der Waals surface area contributed by atoms with E-state index < -0.39 is 0 Å². The Bertz CT molecular complexity index is 765. The van der Waals surface area contributed by atoms with Crippen LogP contribution in [0.2, 0.25) is 0 Å². The second-order valence-corrected chi connectivity index (χ2v) is 3.90. The van der Waals surface area contributed by atoms with Gasteiger partial charge in [-0.25, -0.2) is 9.97 Å². The second-order valence-electron chi connectivity index (χ2n) is 3.90. The van der Waals surface area contributed by atoms with Crippen molar-refractivity contribution in [2.24, 2.45) is 0 Å². The standard InChI is InChI=1S/C13H10N4O/c14-13-15-7-10-12(17-13)9(6-11(18)16-10)8-4-2-1-3-5-8/h1-7H,(H,16,18)(H2,14,15,17). The van der Waals surface area contributed by atoms with Crippen molar-refractivity contribution in [3.05, 3.63) is 52.9 Å². The number of aromatic amines is 1. The Morgan fingerprint density at radius 2 is 1.94 bits per heavy atom. The van der Waals surface area contributed by atoms with E-state index in [0.717, 1.165) is 11.1 Å².